The molecule has 0 aromatic carbocycles. The summed E-state index contributed by atoms with van der Waals surface area (Å²) >= 11 is 1.88. The molecule has 3 heteroatoms. The molecule has 0 saturated carbocycles. The first kappa shape index (κ1) is 9.19. The lowest BCUT2D eigenvalue weighted by Gasteiger charge is -2.26. The zero-order valence-electron chi connectivity index (χ0n) is 6.48. The van der Waals surface area contributed by atoms with Crippen LogP contribution in [0, 0.1) is 0 Å². The summed E-state index contributed by atoms with van der Waals surface area (Å²) in [6.07, 6.45) is 5.44. The van der Waals surface area contributed by atoms with E-state index in [1.807, 2.05) is 28.7 Å². The van der Waals surface area contributed by atoms with Gasteiger partial charge in [0.25, 0.3) is 0 Å². The molecular weight excluding hydrogens is 253 g/mol. The molecule has 0 radical (unpaired) electrons. The van der Waals surface area contributed by atoms with Crippen LogP contribution in [0.15, 0.2) is 12.7 Å². The summed E-state index contributed by atoms with van der Waals surface area (Å²) < 4.78 is 0.229. The first-order valence-electron chi connectivity index (χ1n) is 3.94. The maximum atomic E-state index is 11.1. The van der Waals surface area contributed by atoms with E-state index in [2.05, 4.69) is 6.58 Å². The second-order valence-electron chi connectivity index (χ2n) is 2.89. The van der Waals surface area contributed by atoms with Crippen LogP contribution in [-0.4, -0.2) is 16.5 Å². The molecule has 2 nitrogen and oxygen atoms in total. The van der Waals surface area contributed by atoms with Crippen molar-refractivity contribution >= 4 is 26.5 Å². The molecular formula is C8H13INO+. The lowest BCUT2D eigenvalue weighted by molar-refractivity contribution is -0.833. The van der Waals surface area contributed by atoms with Gasteiger partial charge in [0.15, 0.2) is 0 Å². The molecule has 11 heavy (non-hydrogen) atoms. The predicted octanol–water partition coefficient (Wildman–Crippen LogP) is 1.16. The zero-order valence-corrected chi connectivity index (χ0v) is 8.63. The normalized spacial score (nSPS) is 31.4. The number of nitrogens with one attached hydrogen (secondary N) is 1. The highest BCUT2D eigenvalue weighted by atomic mass is 127. The molecule has 2 unspecified atom stereocenters. The Bertz CT molecular complexity index is 169. The van der Waals surface area contributed by atoms with Crippen LogP contribution < -0.4 is 4.90 Å². The van der Waals surface area contributed by atoms with Gasteiger partial charge in [0, 0.05) is 6.42 Å². The highest BCUT2D eigenvalue weighted by Crippen LogP contribution is 2.04. The Labute approximate surface area is 80.8 Å². The second kappa shape index (κ2) is 4.21. The van der Waals surface area contributed by atoms with Crippen LogP contribution in [0.3, 0.4) is 0 Å². The van der Waals surface area contributed by atoms with Crippen molar-refractivity contribution < 1.29 is 9.69 Å². The van der Waals surface area contributed by atoms with Gasteiger partial charge in [-0.3, -0.25) is 4.90 Å². The summed E-state index contributed by atoms with van der Waals surface area (Å²) in [5.74, 6) is 0. The summed E-state index contributed by atoms with van der Waals surface area (Å²) in [5, 5.41) is 0. The molecule has 1 heterocycles. The number of hydrogen-bond acceptors (Lipinski definition) is 1. The average molecular weight is 266 g/mol. The molecule has 62 valence electrons. The number of rotatable bonds is 1. The number of carbonyl (C=O) groups is 1. The lowest BCUT2D eigenvalue weighted by atomic mass is 10.0. The highest BCUT2D eigenvalue weighted by Gasteiger charge is 2.27. The van der Waals surface area contributed by atoms with Crippen molar-refractivity contribution in [3.8, 4) is 0 Å². The summed E-state index contributed by atoms with van der Waals surface area (Å²) in [5.41, 5.74) is 0. The van der Waals surface area contributed by atoms with Gasteiger partial charge in [0.2, 0.25) is 0 Å². The van der Waals surface area contributed by atoms with Crippen molar-refractivity contribution in [3.63, 3.8) is 0 Å². The third kappa shape index (κ3) is 2.27. The lowest BCUT2D eigenvalue weighted by Crippen LogP contribution is -3.17. The Morgan fingerprint density at radius 2 is 2.36 bits per heavy atom. The molecule has 1 amide bonds. The van der Waals surface area contributed by atoms with Gasteiger partial charge in [-0.15, -0.1) is 0 Å². The van der Waals surface area contributed by atoms with Crippen molar-refractivity contribution in [3.05, 3.63) is 12.7 Å². The van der Waals surface area contributed by atoms with Crippen molar-refractivity contribution in [2.24, 2.45) is 0 Å². The van der Waals surface area contributed by atoms with Gasteiger partial charge >= 0.3 is 3.91 Å². The van der Waals surface area contributed by atoms with Crippen LogP contribution in [0.4, 0.5) is 4.79 Å². The minimum atomic E-state index is 0.229. The molecule has 1 aliphatic heterocycles. The maximum Gasteiger partial charge on any atom is 0.372 e. The van der Waals surface area contributed by atoms with E-state index < -0.39 is 0 Å². The fraction of sp³-hybridized carbons (Fsp3) is 0.625. The highest BCUT2D eigenvalue weighted by molar-refractivity contribution is 14.1. The van der Waals surface area contributed by atoms with E-state index in [0.29, 0.717) is 6.04 Å². The van der Waals surface area contributed by atoms with Crippen LogP contribution in [0.1, 0.15) is 19.3 Å². The minimum Gasteiger partial charge on any atom is -0.257 e. The smallest absolute Gasteiger partial charge is 0.257 e. The van der Waals surface area contributed by atoms with E-state index in [9.17, 15) is 4.79 Å². The van der Waals surface area contributed by atoms with Crippen LogP contribution in [0.5, 0.6) is 0 Å². The molecule has 2 atom stereocenters. The van der Waals surface area contributed by atoms with E-state index in [1.54, 1.807) is 0 Å². The minimum absolute atomic E-state index is 0.229. The molecule has 0 aromatic heterocycles. The third-order valence-electron chi connectivity index (χ3n) is 2.20. The number of likely N-dealkylation sites (tertiary alicyclic amines) is 1. The first-order chi connectivity index (χ1) is 5.25. The van der Waals surface area contributed by atoms with Crippen molar-refractivity contribution in [1.82, 2.24) is 0 Å². The van der Waals surface area contributed by atoms with Crippen LogP contribution in [0.2, 0.25) is 0 Å². The Morgan fingerprint density at radius 3 is 2.82 bits per heavy atom. The van der Waals surface area contributed by atoms with Gasteiger partial charge in [-0.2, -0.15) is 0 Å². The number of quaternary nitrogens is 1. The van der Waals surface area contributed by atoms with E-state index in [1.165, 1.54) is 12.8 Å². The largest absolute Gasteiger partial charge is 0.372 e. The Kier molecular flexibility index (Phi) is 3.51. The zero-order chi connectivity index (χ0) is 8.27. The van der Waals surface area contributed by atoms with E-state index >= 15 is 0 Å². The van der Waals surface area contributed by atoms with E-state index in [-0.39, 0.29) is 3.91 Å². The summed E-state index contributed by atoms with van der Waals surface area (Å²) in [6.45, 7) is 4.73. The topological polar surface area (TPSA) is 21.5 Å². The number of amides is 1. The molecule has 1 fully saturated rings. The van der Waals surface area contributed by atoms with Gasteiger partial charge in [-0.1, -0.05) is 6.58 Å². The van der Waals surface area contributed by atoms with Crippen LogP contribution in [0.25, 0.3) is 0 Å². The monoisotopic (exact) mass is 266 g/mol. The molecule has 1 rings (SSSR count). The van der Waals surface area contributed by atoms with E-state index in [0.717, 1.165) is 17.9 Å². The molecule has 0 spiro atoms. The van der Waals surface area contributed by atoms with Gasteiger partial charge in [0.1, 0.15) is 6.04 Å². The van der Waals surface area contributed by atoms with Crippen molar-refractivity contribution in [2.75, 3.05) is 6.54 Å². The Hall–Kier alpha value is 0.100. The Balaban J connectivity index is 2.58. The van der Waals surface area contributed by atoms with Crippen molar-refractivity contribution in [1.29, 1.82) is 0 Å². The fourth-order valence-corrected chi connectivity index (χ4v) is 2.21. The molecule has 1 N–H and O–H groups in total. The van der Waals surface area contributed by atoms with Gasteiger partial charge in [-0.25, -0.2) is 4.79 Å². The molecule has 0 aliphatic carbocycles. The maximum absolute atomic E-state index is 11.1. The molecule has 1 aliphatic rings. The average Bonchev–Trinajstić information content (AvgIpc) is 2.04. The molecule has 1 saturated heterocycles. The van der Waals surface area contributed by atoms with Crippen LogP contribution in [-0.2, 0) is 0 Å². The second-order valence-corrected chi connectivity index (χ2v) is 3.87. The van der Waals surface area contributed by atoms with E-state index in [4.69, 9.17) is 0 Å². The number of hydrogen-bond donors (Lipinski definition) is 1. The van der Waals surface area contributed by atoms with Crippen LogP contribution >= 0.6 is 22.6 Å². The summed E-state index contributed by atoms with van der Waals surface area (Å²) in [6, 6.07) is 0.369. The van der Waals surface area contributed by atoms with Gasteiger partial charge in [-0.05, 0) is 18.9 Å². The Morgan fingerprint density at radius 1 is 1.64 bits per heavy atom. The molecule has 0 aromatic rings. The quantitative estimate of drug-likeness (QED) is 0.327. The fourth-order valence-electron chi connectivity index (χ4n) is 1.54. The number of halogens is 1. The SMILES string of the molecule is C=CC1CCCC[NH+]1C(=O)I. The summed E-state index contributed by atoms with van der Waals surface area (Å²) in [7, 11) is 0. The predicted molar refractivity (Wildman–Crippen MR) is 53.1 cm³/mol. The number of piperidine rings is 1. The van der Waals surface area contributed by atoms with Crippen molar-refractivity contribution in [2.45, 2.75) is 25.3 Å². The standard InChI is InChI=1S/C8H12INO/c1-2-7-5-3-4-6-10(7)8(9)11/h2,7H,1,3-6H2/p+1. The first-order valence-corrected chi connectivity index (χ1v) is 5.01. The summed E-state index contributed by atoms with van der Waals surface area (Å²) in [4.78, 5) is 12.1. The van der Waals surface area contributed by atoms with Gasteiger partial charge < -0.3 is 0 Å². The number of carbonyl (C=O) groups excluding carboxylic acids is 1. The van der Waals surface area contributed by atoms with Gasteiger partial charge in [0.05, 0.1) is 29.1 Å². The molecule has 0 bridgehead atoms. The third-order valence-corrected chi connectivity index (χ3v) is 2.89.